The van der Waals surface area contributed by atoms with Crippen molar-refractivity contribution in [2.75, 3.05) is 6.61 Å². The predicted molar refractivity (Wildman–Crippen MR) is 57.4 cm³/mol. The Bertz CT molecular complexity index is 220. The summed E-state index contributed by atoms with van der Waals surface area (Å²) in [4.78, 5) is 20.3. The number of hydrogen-bond acceptors (Lipinski definition) is 3. The molecule has 0 bridgehead atoms. The molecule has 1 rings (SSSR count). The number of nitroso groups, excluding NO2 is 1. The molecule has 0 radical (unpaired) electrons. The van der Waals surface area contributed by atoms with Crippen molar-refractivity contribution in [3.8, 4) is 0 Å². The summed E-state index contributed by atoms with van der Waals surface area (Å²) in [6.07, 6.45) is 3.60. The smallest absolute Gasteiger partial charge is 0.446 e. The van der Waals surface area contributed by atoms with Crippen molar-refractivity contribution in [3.63, 3.8) is 0 Å². The number of rotatable bonds is 3. The quantitative estimate of drug-likeness (QED) is 0.675. The molecule has 1 aliphatic rings. The van der Waals surface area contributed by atoms with Crippen LogP contribution in [-0.2, 0) is 4.74 Å². The SMILES string of the molecule is CC(C)C1CCC(COC(=O)N=O)CC1. The Morgan fingerprint density at radius 1 is 1.33 bits per heavy atom. The first-order valence-corrected chi connectivity index (χ1v) is 5.63. The fourth-order valence-corrected chi connectivity index (χ4v) is 2.24. The van der Waals surface area contributed by atoms with Gasteiger partial charge in [0.15, 0.2) is 0 Å². The lowest BCUT2D eigenvalue weighted by atomic mass is 9.77. The van der Waals surface area contributed by atoms with E-state index in [-0.39, 0.29) is 0 Å². The second-order valence-electron chi connectivity index (χ2n) is 4.69. The monoisotopic (exact) mass is 213 g/mol. The van der Waals surface area contributed by atoms with Gasteiger partial charge in [-0.25, -0.2) is 4.79 Å². The normalized spacial score (nSPS) is 26.3. The Hall–Kier alpha value is -0.930. The molecular formula is C11H19NO3. The Kier molecular flexibility index (Phi) is 4.72. The molecule has 0 heterocycles. The average molecular weight is 213 g/mol. The van der Waals surface area contributed by atoms with Crippen LogP contribution in [0.15, 0.2) is 5.18 Å². The number of hydrogen-bond donors (Lipinski definition) is 0. The Morgan fingerprint density at radius 3 is 2.40 bits per heavy atom. The lowest BCUT2D eigenvalue weighted by Gasteiger charge is -2.30. The van der Waals surface area contributed by atoms with Crippen molar-refractivity contribution in [1.29, 1.82) is 0 Å². The summed E-state index contributed by atoms with van der Waals surface area (Å²) in [6.45, 7) is 4.86. The molecule has 0 aromatic heterocycles. The second-order valence-corrected chi connectivity index (χ2v) is 4.69. The highest BCUT2D eigenvalue weighted by Gasteiger charge is 2.23. The summed E-state index contributed by atoms with van der Waals surface area (Å²) >= 11 is 0. The van der Waals surface area contributed by atoms with Crippen LogP contribution in [0.25, 0.3) is 0 Å². The molecule has 0 aliphatic heterocycles. The van der Waals surface area contributed by atoms with Crippen LogP contribution in [0, 0.1) is 22.7 Å². The van der Waals surface area contributed by atoms with Gasteiger partial charge in [0.25, 0.3) is 0 Å². The third kappa shape index (κ3) is 3.98. The van der Waals surface area contributed by atoms with Crippen LogP contribution in [0.4, 0.5) is 4.79 Å². The predicted octanol–water partition coefficient (Wildman–Crippen LogP) is 3.35. The molecule has 4 heteroatoms. The Morgan fingerprint density at radius 2 is 1.93 bits per heavy atom. The molecule has 0 aromatic carbocycles. The number of ether oxygens (including phenoxy) is 1. The minimum absolute atomic E-state index is 0.357. The van der Waals surface area contributed by atoms with E-state index in [9.17, 15) is 9.70 Å². The average Bonchev–Trinajstić information content (AvgIpc) is 2.26. The molecule has 86 valence electrons. The lowest BCUT2D eigenvalue weighted by molar-refractivity contribution is 0.111. The summed E-state index contributed by atoms with van der Waals surface area (Å²) in [5, 5.41) is 2.20. The van der Waals surface area contributed by atoms with Crippen LogP contribution < -0.4 is 0 Å². The Labute approximate surface area is 90.4 Å². The van der Waals surface area contributed by atoms with Gasteiger partial charge in [-0.1, -0.05) is 13.8 Å². The molecule has 1 fully saturated rings. The highest BCUT2D eigenvalue weighted by molar-refractivity contribution is 5.67. The van der Waals surface area contributed by atoms with Gasteiger partial charge in [0.05, 0.1) is 11.8 Å². The van der Waals surface area contributed by atoms with Crippen molar-refractivity contribution in [1.82, 2.24) is 0 Å². The zero-order valence-corrected chi connectivity index (χ0v) is 9.44. The molecule has 0 saturated heterocycles. The molecule has 0 spiro atoms. The van der Waals surface area contributed by atoms with Crippen LogP contribution in [0.3, 0.4) is 0 Å². The van der Waals surface area contributed by atoms with Crippen molar-refractivity contribution in [2.45, 2.75) is 39.5 Å². The molecule has 0 unspecified atom stereocenters. The van der Waals surface area contributed by atoms with E-state index in [0.29, 0.717) is 12.5 Å². The topological polar surface area (TPSA) is 55.7 Å². The lowest BCUT2D eigenvalue weighted by Crippen LogP contribution is -2.22. The fraction of sp³-hybridized carbons (Fsp3) is 0.909. The van der Waals surface area contributed by atoms with Gasteiger partial charge >= 0.3 is 6.09 Å². The molecule has 0 atom stereocenters. The number of carbonyl (C=O) groups is 1. The van der Waals surface area contributed by atoms with Crippen LogP contribution in [0.1, 0.15) is 39.5 Å². The summed E-state index contributed by atoms with van der Waals surface area (Å²) in [5.74, 6) is 1.97. The van der Waals surface area contributed by atoms with E-state index >= 15 is 0 Å². The minimum Gasteiger partial charge on any atom is -0.446 e. The van der Waals surface area contributed by atoms with E-state index in [1.54, 1.807) is 0 Å². The maximum atomic E-state index is 10.5. The molecule has 0 aromatic rings. The van der Waals surface area contributed by atoms with Crippen LogP contribution in [-0.4, -0.2) is 12.7 Å². The van der Waals surface area contributed by atoms with Gasteiger partial charge < -0.3 is 4.74 Å². The van der Waals surface area contributed by atoms with E-state index in [1.807, 2.05) is 0 Å². The fourth-order valence-electron chi connectivity index (χ4n) is 2.24. The van der Waals surface area contributed by atoms with Crippen molar-refractivity contribution < 1.29 is 9.53 Å². The van der Waals surface area contributed by atoms with Crippen molar-refractivity contribution in [2.24, 2.45) is 22.9 Å². The molecular weight excluding hydrogens is 194 g/mol. The summed E-state index contributed by atoms with van der Waals surface area (Å²) < 4.78 is 4.71. The van der Waals surface area contributed by atoms with Crippen molar-refractivity contribution >= 4 is 6.09 Å². The van der Waals surface area contributed by atoms with E-state index in [1.165, 1.54) is 12.8 Å². The summed E-state index contributed by atoms with van der Waals surface area (Å²) in [6, 6.07) is 0. The van der Waals surface area contributed by atoms with Gasteiger partial charge in [0.2, 0.25) is 0 Å². The van der Waals surface area contributed by atoms with Crippen LogP contribution in [0.2, 0.25) is 0 Å². The zero-order chi connectivity index (χ0) is 11.3. The van der Waals surface area contributed by atoms with Gasteiger partial charge in [-0.15, -0.1) is 4.91 Å². The standard InChI is InChI=1S/C11H19NO3/c1-8(2)10-5-3-9(4-6-10)7-15-11(13)12-14/h8-10H,3-7H2,1-2H3. The molecule has 1 amide bonds. The van der Waals surface area contributed by atoms with Crippen LogP contribution in [0.5, 0.6) is 0 Å². The summed E-state index contributed by atoms with van der Waals surface area (Å²) in [7, 11) is 0. The maximum Gasteiger partial charge on any atom is 0.470 e. The van der Waals surface area contributed by atoms with Gasteiger partial charge in [-0.2, -0.15) is 0 Å². The van der Waals surface area contributed by atoms with Gasteiger partial charge in [-0.05, 0) is 43.4 Å². The van der Waals surface area contributed by atoms with Crippen molar-refractivity contribution in [3.05, 3.63) is 4.91 Å². The maximum absolute atomic E-state index is 10.5. The van der Waals surface area contributed by atoms with Crippen LogP contribution >= 0.6 is 0 Å². The number of nitrogens with zero attached hydrogens (tertiary/aromatic N) is 1. The first-order valence-electron chi connectivity index (χ1n) is 5.63. The Balaban J connectivity index is 2.20. The third-order valence-electron chi connectivity index (χ3n) is 3.35. The summed E-state index contributed by atoms with van der Waals surface area (Å²) in [5.41, 5.74) is 0. The van der Waals surface area contributed by atoms with E-state index in [0.717, 1.165) is 24.7 Å². The minimum atomic E-state index is -0.985. The molecule has 15 heavy (non-hydrogen) atoms. The van der Waals surface area contributed by atoms with Gasteiger partial charge in [0.1, 0.15) is 0 Å². The highest BCUT2D eigenvalue weighted by atomic mass is 16.6. The first-order chi connectivity index (χ1) is 7.13. The molecule has 1 saturated carbocycles. The first kappa shape index (κ1) is 12.1. The van der Waals surface area contributed by atoms with E-state index in [4.69, 9.17) is 4.74 Å². The highest BCUT2D eigenvalue weighted by Crippen LogP contribution is 2.33. The molecule has 0 N–H and O–H groups in total. The van der Waals surface area contributed by atoms with E-state index < -0.39 is 6.09 Å². The second kappa shape index (κ2) is 5.83. The van der Waals surface area contributed by atoms with Gasteiger partial charge in [0, 0.05) is 0 Å². The molecule has 1 aliphatic carbocycles. The largest absolute Gasteiger partial charge is 0.470 e. The third-order valence-corrected chi connectivity index (χ3v) is 3.35. The number of carbonyl (C=O) groups excluding carboxylic acids is 1. The molecule has 4 nitrogen and oxygen atoms in total. The van der Waals surface area contributed by atoms with E-state index in [2.05, 4.69) is 19.0 Å². The zero-order valence-electron chi connectivity index (χ0n) is 9.44. The number of amides is 1. The van der Waals surface area contributed by atoms with Gasteiger partial charge in [-0.3, -0.25) is 0 Å².